The summed E-state index contributed by atoms with van der Waals surface area (Å²) in [5.41, 5.74) is 2.49. The molecule has 18 heavy (non-hydrogen) atoms. The molecule has 1 unspecified atom stereocenters. The molecule has 0 amide bonds. The highest BCUT2D eigenvalue weighted by Gasteiger charge is 2.34. The van der Waals surface area contributed by atoms with Gasteiger partial charge in [-0.15, -0.1) is 0 Å². The van der Waals surface area contributed by atoms with Crippen molar-refractivity contribution in [3.63, 3.8) is 0 Å². The second kappa shape index (κ2) is 4.19. The molecule has 4 heteroatoms. The van der Waals surface area contributed by atoms with Crippen LogP contribution in [0.1, 0.15) is 36.5 Å². The van der Waals surface area contributed by atoms with Crippen LogP contribution >= 0.6 is 0 Å². The van der Waals surface area contributed by atoms with Crippen LogP contribution in [0.3, 0.4) is 0 Å². The molecule has 2 N–H and O–H groups in total. The lowest BCUT2D eigenvalue weighted by molar-refractivity contribution is 0.0697. The average Bonchev–Trinajstić information content (AvgIpc) is 3.20. The van der Waals surface area contributed by atoms with Crippen molar-refractivity contribution >= 4 is 17.3 Å². The summed E-state index contributed by atoms with van der Waals surface area (Å²) in [5, 5.41) is 12.5. The van der Waals surface area contributed by atoms with Crippen LogP contribution in [0, 0.1) is 0 Å². The van der Waals surface area contributed by atoms with Crippen LogP contribution in [0.4, 0.5) is 11.4 Å². The van der Waals surface area contributed by atoms with Gasteiger partial charge in [0.2, 0.25) is 0 Å². The van der Waals surface area contributed by atoms with E-state index in [-0.39, 0.29) is 0 Å². The summed E-state index contributed by atoms with van der Waals surface area (Å²) in [4.78, 5) is 13.5. The first-order valence-corrected chi connectivity index (χ1v) is 6.59. The largest absolute Gasteiger partial charge is 0.478 e. The Kier molecular flexibility index (Phi) is 2.65. The topological polar surface area (TPSA) is 52.6 Å². The van der Waals surface area contributed by atoms with E-state index in [1.54, 1.807) is 12.1 Å². The minimum atomic E-state index is -0.865. The Balaban J connectivity index is 1.98. The van der Waals surface area contributed by atoms with Crippen molar-refractivity contribution in [3.05, 3.63) is 23.8 Å². The van der Waals surface area contributed by atoms with Crippen LogP contribution in [0.25, 0.3) is 0 Å². The lowest BCUT2D eigenvalue weighted by Gasteiger charge is -2.37. The zero-order valence-electron chi connectivity index (χ0n) is 10.5. The Hall–Kier alpha value is -1.71. The molecule has 1 heterocycles. The predicted molar refractivity (Wildman–Crippen MR) is 71.5 cm³/mol. The fourth-order valence-corrected chi connectivity index (χ4v) is 2.60. The molecule has 0 radical (unpaired) electrons. The quantitative estimate of drug-likeness (QED) is 0.860. The summed E-state index contributed by atoms with van der Waals surface area (Å²) in [6.07, 6.45) is 3.58. The summed E-state index contributed by atoms with van der Waals surface area (Å²) < 4.78 is 0. The molecule has 0 aromatic heterocycles. The lowest BCUT2D eigenvalue weighted by atomic mass is 10.1. The van der Waals surface area contributed by atoms with Crippen molar-refractivity contribution in [3.8, 4) is 0 Å². The summed E-state index contributed by atoms with van der Waals surface area (Å²) >= 11 is 0. The van der Waals surface area contributed by atoms with E-state index in [2.05, 4.69) is 17.1 Å². The van der Waals surface area contributed by atoms with Gasteiger partial charge in [0.1, 0.15) is 0 Å². The third-order valence-electron chi connectivity index (χ3n) is 3.81. The molecule has 3 rings (SSSR count). The van der Waals surface area contributed by atoms with E-state index in [0.29, 0.717) is 17.6 Å². The number of nitrogens with zero attached hydrogens (tertiary/aromatic N) is 1. The van der Waals surface area contributed by atoms with Crippen LogP contribution in [-0.4, -0.2) is 29.7 Å². The molecule has 0 spiro atoms. The first kappa shape index (κ1) is 11.4. The van der Waals surface area contributed by atoms with Crippen LogP contribution < -0.4 is 10.2 Å². The predicted octanol–water partition coefficient (Wildman–Crippen LogP) is 2.56. The standard InChI is InChI=1S/C14H18N2O2/c1-2-10-8-16(11-4-5-11)13-6-3-9(14(17)18)7-12(13)15-10/h3,6-7,10-11,15H,2,4-5,8H2,1H3,(H,17,18). The maximum absolute atomic E-state index is 11.0. The number of aromatic carboxylic acids is 1. The van der Waals surface area contributed by atoms with Gasteiger partial charge in [-0.25, -0.2) is 4.79 Å². The minimum Gasteiger partial charge on any atom is -0.478 e. The fraction of sp³-hybridized carbons (Fsp3) is 0.500. The van der Waals surface area contributed by atoms with Crippen LogP contribution in [0.2, 0.25) is 0 Å². The van der Waals surface area contributed by atoms with E-state index in [0.717, 1.165) is 24.3 Å². The summed E-state index contributed by atoms with van der Waals surface area (Å²) in [6.45, 7) is 3.19. The van der Waals surface area contributed by atoms with E-state index in [1.807, 2.05) is 6.07 Å². The number of nitrogens with one attached hydrogen (secondary N) is 1. The molecule has 0 saturated heterocycles. The Morgan fingerprint density at radius 1 is 1.50 bits per heavy atom. The third-order valence-corrected chi connectivity index (χ3v) is 3.81. The first-order valence-electron chi connectivity index (χ1n) is 6.59. The molecule has 0 bridgehead atoms. The second-order valence-corrected chi connectivity index (χ2v) is 5.17. The van der Waals surface area contributed by atoms with Gasteiger partial charge in [-0.3, -0.25) is 0 Å². The van der Waals surface area contributed by atoms with Gasteiger partial charge >= 0.3 is 5.97 Å². The van der Waals surface area contributed by atoms with E-state index in [1.165, 1.54) is 12.8 Å². The highest BCUT2D eigenvalue weighted by Crippen LogP contribution is 2.39. The van der Waals surface area contributed by atoms with Crippen molar-refractivity contribution in [2.45, 2.75) is 38.3 Å². The normalized spacial score (nSPS) is 22.3. The van der Waals surface area contributed by atoms with Crippen molar-refractivity contribution in [1.29, 1.82) is 0 Å². The zero-order chi connectivity index (χ0) is 12.7. The molecule has 1 aromatic rings. The van der Waals surface area contributed by atoms with E-state index in [9.17, 15) is 4.79 Å². The third kappa shape index (κ3) is 1.92. The number of hydrogen-bond donors (Lipinski definition) is 2. The molecule has 1 saturated carbocycles. The maximum Gasteiger partial charge on any atom is 0.335 e. The Bertz CT molecular complexity index is 483. The summed E-state index contributed by atoms with van der Waals surface area (Å²) in [7, 11) is 0. The van der Waals surface area contributed by atoms with Gasteiger partial charge in [0, 0.05) is 18.6 Å². The van der Waals surface area contributed by atoms with Gasteiger partial charge in [0.05, 0.1) is 16.9 Å². The first-order chi connectivity index (χ1) is 8.69. The van der Waals surface area contributed by atoms with Crippen LogP contribution in [-0.2, 0) is 0 Å². The average molecular weight is 246 g/mol. The van der Waals surface area contributed by atoms with E-state index < -0.39 is 5.97 Å². The number of anilines is 2. The van der Waals surface area contributed by atoms with Gasteiger partial charge in [0.25, 0.3) is 0 Å². The molecule has 1 atom stereocenters. The Morgan fingerprint density at radius 3 is 2.89 bits per heavy atom. The number of benzene rings is 1. The SMILES string of the molecule is CCC1CN(C2CC2)c2ccc(C(=O)O)cc2N1. The molecular weight excluding hydrogens is 228 g/mol. The van der Waals surface area contributed by atoms with Crippen LogP contribution in [0.15, 0.2) is 18.2 Å². The van der Waals surface area contributed by atoms with Gasteiger partial charge in [0.15, 0.2) is 0 Å². The molecule has 1 fully saturated rings. The molecular formula is C14H18N2O2. The van der Waals surface area contributed by atoms with E-state index >= 15 is 0 Å². The van der Waals surface area contributed by atoms with Crippen molar-refractivity contribution in [1.82, 2.24) is 0 Å². The Labute approximate surface area is 107 Å². The van der Waals surface area contributed by atoms with Gasteiger partial charge < -0.3 is 15.3 Å². The molecule has 1 aliphatic carbocycles. The van der Waals surface area contributed by atoms with Crippen molar-refractivity contribution < 1.29 is 9.90 Å². The number of rotatable bonds is 3. The second-order valence-electron chi connectivity index (χ2n) is 5.17. The van der Waals surface area contributed by atoms with Crippen molar-refractivity contribution in [2.24, 2.45) is 0 Å². The fourth-order valence-electron chi connectivity index (χ4n) is 2.60. The smallest absolute Gasteiger partial charge is 0.335 e. The molecule has 1 aliphatic heterocycles. The minimum absolute atomic E-state index is 0.355. The number of carbonyl (C=O) groups is 1. The zero-order valence-corrected chi connectivity index (χ0v) is 10.5. The summed E-state index contributed by atoms with van der Waals surface area (Å²) in [5.74, 6) is -0.865. The maximum atomic E-state index is 11.0. The lowest BCUT2D eigenvalue weighted by Crippen LogP contribution is -2.42. The molecule has 4 nitrogen and oxygen atoms in total. The monoisotopic (exact) mass is 246 g/mol. The Morgan fingerprint density at radius 2 is 2.28 bits per heavy atom. The number of fused-ring (bicyclic) bond motifs is 1. The molecule has 1 aromatic carbocycles. The van der Waals surface area contributed by atoms with Gasteiger partial charge in [-0.1, -0.05) is 6.92 Å². The highest BCUT2D eigenvalue weighted by molar-refractivity contribution is 5.91. The highest BCUT2D eigenvalue weighted by atomic mass is 16.4. The van der Waals surface area contributed by atoms with E-state index in [4.69, 9.17) is 5.11 Å². The van der Waals surface area contributed by atoms with Gasteiger partial charge in [-0.2, -0.15) is 0 Å². The van der Waals surface area contributed by atoms with Crippen LogP contribution in [0.5, 0.6) is 0 Å². The van der Waals surface area contributed by atoms with Crippen molar-refractivity contribution in [2.75, 3.05) is 16.8 Å². The number of hydrogen-bond acceptors (Lipinski definition) is 3. The molecule has 2 aliphatic rings. The summed E-state index contributed by atoms with van der Waals surface area (Å²) in [6, 6.07) is 6.48. The van der Waals surface area contributed by atoms with Gasteiger partial charge in [-0.05, 0) is 37.5 Å². The molecule has 96 valence electrons. The number of carboxylic acid groups (broad SMARTS) is 1. The number of carboxylic acids is 1.